The number of fused-ring (bicyclic) bond motifs is 5. The molecule has 4 nitrogen and oxygen atoms in total. The summed E-state index contributed by atoms with van der Waals surface area (Å²) in [6.07, 6.45) is 7.75. The van der Waals surface area contributed by atoms with Gasteiger partial charge in [-0.2, -0.15) is 0 Å². The Bertz CT molecular complexity index is 2260. The summed E-state index contributed by atoms with van der Waals surface area (Å²) in [4.78, 5) is 18.4. The summed E-state index contributed by atoms with van der Waals surface area (Å²) >= 11 is 1.89. The van der Waals surface area contributed by atoms with E-state index in [0.29, 0.717) is 5.92 Å². The number of allylic oxidation sites excluding steroid dienone is 2. The van der Waals surface area contributed by atoms with Gasteiger partial charge < -0.3 is 9.52 Å². The first kappa shape index (κ1) is 42.4. The number of aryl methyl sites for hydroxylation is 1. The Balaban J connectivity index is 0.000000299. The fourth-order valence-corrected chi connectivity index (χ4v) is 8.10. The maximum Gasteiger partial charge on any atom is 0.164 e. The molecule has 0 saturated carbocycles. The van der Waals surface area contributed by atoms with Crippen LogP contribution in [0.25, 0.3) is 54.1 Å². The molecule has 0 spiro atoms. The van der Waals surface area contributed by atoms with Gasteiger partial charge in [-0.1, -0.05) is 105 Å². The van der Waals surface area contributed by atoms with E-state index in [0.717, 1.165) is 70.7 Å². The molecule has 6 rings (SSSR count). The van der Waals surface area contributed by atoms with Crippen molar-refractivity contribution in [2.24, 2.45) is 16.7 Å². The molecule has 0 aliphatic heterocycles. The van der Waals surface area contributed by atoms with Gasteiger partial charge in [0, 0.05) is 69.3 Å². The average Bonchev–Trinajstić information content (AvgIpc) is 3.64. The van der Waals surface area contributed by atoms with E-state index in [1.807, 2.05) is 59.1 Å². The van der Waals surface area contributed by atoms with Gasteiger partial charge in [0.1, 0.15) is 16.9 Å². The summed E-state index contributed by atoms with van der Waals surface area (Å²) in [5.41, 5.74) is 5.77. The van der Waals surface area contributed by atoms with Crippen LogP contribution in [0.5, 0.6) is 0 Å². The normalized spacial score (nSPS) is 12.8. The summed E-state index contributed by atoms with van der Waals surface area (Å²) in [7, 11) is 0. The Kier molecular flexibility index (Phi) is 13.3. The molecular weight excluding hydrogens is 851 g/mol. The molecule has 3 aromatic heterocycles. The van der Waals surface area contributed by atoms with Gasteiger partial charge in [-0.15, -0.1) is 40.5 Å². The third-order valence-corrected chi connectivity index (χ3v) is 12.7. The minimum Gasteiger partial charge on any atom is -0.512 e. The van der Waals surface area contributed by atoms with Crippen LogP contribution in [0.3, 0.4) is 0 Å². The Morgan fingerprint density at radius 2 is 1.53 bits per heavy atom. The minimum absolute atomic E-state index is 0. The first-order chi connectivity index (χ1) is 24.5. The number of pyridine rings is 1. The van der Waals surface area contributed by atoms with Crippen LogP contribution >= 0.6 is 11.3 Å². The van der Waals surface area contributed by atoms with E-state index >= 15 is 0 Å². The summed E-state index contributed by atoms with van der Waals surface area (Å²) in [5, 5.41) is 16.1. The molecule has 53 heavy (non-hydrogen) atoms. The fraction of sp³-hybridized carbons (Fsp3) is 0.447. The Morgan fingerprint density at radius 1 is 0.887 bits per heavy atom. The summed E-state index contributed by atoms with van der Waals surface area (Å²) in [6.45, 7) is 25.7. The summed E-state index contributed by atoms with van der Waals surface area (Å²) in [5.74, 6) is 0.905. The number of thiophene rings is 1. The zero-order valence-corrected chi connectivity index (χ0v) is 37.1. The predicted octanol–water partition coefficient (Wildman–Crippen LogP) is 14.3. The van der Waals surface area contributed by atoms with Crippen molar-refractivity contribution < 1.29 is 34.4 Å². The van der Waals surface area contributed by atoms with Crippen molar-refractivity contribution in [3.8, 4) is 11.3 Å². The van der Waals surface area contributed by atoms with Crippen LogP contribution in [0.15, 0.2) is 71.0 Å². The molecule has 3 aromatic carbocycles. The maximum absolute atomic E-state index is 12.2. The van der Waals surface area contributed by atoms with E-state index in [1.54, 1.807) is 0 Å². The number of aliphatic hydroxyl groups excluding tert-OH is 1. The quantitative estimate of drug-likeness (QED) is 0.0845. The zero-order chi connectivity index (χ0) is 38.2. The van der Waals surface area contributed by atoms with Gasteiger partial charge in [0.05, 0.1) is 0 Å². The topological polar surface area (TPSA) is 63.3 Å². The molecule has 1 radical (unpaired) electrons. The van der Waals surface area contributed by atoms with E-state index in [-0.39, 0.29) is 47.9 Å². The first-order valence-electron chi connectivity index (χ1n) is 19.1. The maximum atomic E-state index is 12.2. The number of carbonyl (C=O) groups excluding carboxylic acids is 1. The molecule has 0 saturated heterocycles. The van der Waals surface area contributed by atoms with Gasteiger partial charge >= 0.3 is 0 Å². The second-order valence-electron chi connectivity index (χ2n) is 16.5. The van der Waals surface area contributed by atoms with Gasteiger partial charge in [-0.3, -0.25) is 9.78 Å². The second kappa shape index (κ2) is 16.6. The molecule has 3 heterocycles. The predicted molar refractivity (Wildman–Crippen MR) is 224 cm³/mol. The molecule has 0 aliphatic carbocycles. The van der Waals surface area contributed by atoms with E-state index in [1.165, 1.54) is 37.6 Å². The van der Waals surface area contributed by atoms with E-state index < -0.39 is 0 Å². The molecule has 0 aliphatic rings. The monoisotopic (exact) mass is 909 g/mol. The van der Waals surface area contributed by atoms with Crippen molar-refractivity contribution in [1.29, 1.82) is 0 Å². The number of aliphatic hydroxyl groups is 1. The van der Waals surface area contributed by atoms with Crippen LogP contribution in [0.4, 0.5) is 0 Å². The molecule has 0 fully saturated rings. The second-order valence-corrected chi connectivity index (χ2v) is 17.8. The minimum atomic E-state index is -0.337. The van der Waals surface area contributed by atoms with Crippen LogP contribution in [-0.2, 0) is 36.7 Å². The number of benzene rings is 3. The number of ketones is 1. The molecule has 0 amide bonds. The Morgan fingerprint density at radius 3 is 2.13 bits per heavy atom. The van der Waals surface area contributed by atoms with Crippen LogP contribution in [0.1, 0.15) is 118 Å². The van der Waals surface area contributed by atoms with Crippen LogP contribution < -0.4 is 0 Å². The standard InChI is InChI=1S/C32H30NOS.C15H28O2.Ir/c1-18(2)13-24-19(3)35-29-17-25-23-11-12-33-30(31(23)34-28(25)16-26(24)29)21-14-20-9-7-8-10-22(20)27(15-21)32(4,5)6;1-7-14(5,8-2)12(16)11-13(17)15(6,9-3)10-4;/h7-12,15-18H,13H2,1-6H3;11,16H,7-10H2,1-6H3;/q-1;;/b;12-11-;. The zero-order valence-electron chi connectivity index (χ0n) is 33.8. The third-order valence-electron chi connectivity index (χ3n) is 11.6. The number of furan rings is 1. The van der Waals surface area contributed by atoms with E-state index in [2.05, 4.69) is 96.1 Å². The van der Waals surface area contributed by atoms with E-state index in [4.69, 9.17) is 9.40 Å². The molecular formula is C47H58IrNO3S-. The Labute approximate surface area is 334 Å². The number of hydrogen-bond acceptors (Lipinski definition) is 5. The Hall–Kier alpha value is -3.31. The molecule has 0 atom stereocenters. The van der Waals surface area contributed by atoms with Crippen molar-refractivity contribution in [2.75, 3.05) is 0 Å². The van der Waals surface area contributed by atoms with Gasteiger partial charge in [0.2, 0.25) is 0 Å². The van der Waals surface area contributed by atoms with Crippen molar-refractivity contribution in [1.82, 2.24) is 4.98 Å². The molecule has 0 unspecified atom stereocenters. The summed E-state index contributed by atoms with van der Waals surface area (Å²) in [6, 6.07) is 21.0. The van der Waals surface area contributed by atoms with Crippen LogP contribution in [-0.4, -0.2) is 15.9 Å². The number of nitrogens with zero attached hydrogens (tertiary/aromatic N) is 1. The van der Waals surface area contributed by atoms with Crippen LogP contribution in [0, 0.1) is 29.7 Å². The fourth-order valence-electron chi connectivity index (χ4n) is 6.98. The van der Waals surface area contributed by atoms with Crippen molar-refractivity contribution in [2.45, 2.75) is 121 Å². The number of aromatic nitrogens is 1. The number of rotatable bonds is 10. The smallest absolute Gasteiger partial charge is 0.164 e. The van der Waals surface area contributed by atoms with Gasteiger partial charge in [-0.25, -0.2) is 0 Å². The van der Waals surface area contributed by atoms with E-state index in [9.17, 15) is 9.90 Å². The molecule has 6 aromatic rings. The van der Waals surface area contributed by atoms with Gasteiger partial charge in [0.25, 0.3) is 0 Å². The largest absolute Gasteiger partial charge is 0.512 e. The number of hydrogen-bond donors (Lipinski definition) is 1. The van der Waals surface area contributed by atoms with Crippen LogP contribution in [0.2, 0.25) is 0 Å². The molecule has 1 N–H and O–H groups in total. The van der Waals surface area contributed by atoms with Crippen molar-refractivity contribution in [3.05, 3.63) is 88.6 Å². The summed E-state index contributed by atoms with van der Waals surface area (Å²) < 4.78 is 7.91. The van der Waals surface area contributed by atoms with Gasteiger partial charge in [-0.05, 0) is 79.5 Å². The third kappa shape index (κ3) is 8.51. The van der Waals surface area contributed by atoms with Crippen molar-refractivity contribution >= 4 is 59.9 Å². The molecule has 285 valence electrons. The number of carbonyl (C=O) groups is 1. The first-order valence-corrected chi connectivity index (χ1v) is 20.0. The molecule has 6 heteroatoms. The van der Waals surface area contributed by atoms with Gasteiger partial charge in [0.15, 0.2) is 5.78 Å². The van der Waals surface area contributed by atoms with Crippen molar-refractivity contribution in [3.63, 3.8) is 0 Å². The molecule has 0 bridgehead atoms. The average molecular weight is 909 g/mol. The SMILES string of the molecule is CCC(C)(CC)C(=O)/C=C(\O)C(C)(CC)CC.Cc1sc2cc3c(cc2c1CC(C)C)oc1c(-c2[c-]c4ccccc4c(C(C)(C)C)c2)nccc13.[Ir].